The van der Waals surface area contributed by atoms with Crippen LogP contribution in [0.2, 0.25) is 0 Å². The van der Waals surface area contributed by atoms with Gasteiger partial charge in [-0.15, -0.1) is 0 Å². The standard InChI is InChI=1S/C17H35N3O/c1-4-12-20(13-16(21)19-11-8-15(2)3)17(14-18)9-6-5-7-10-17/h15H,4-14,18H2,1-3H3,(H,19,21). The molecule has 1 amide bonds. The molecular formula is C17H35N3O. The largest absolute Gasteiger partial charge is 0.355 e. The van der Waals surface area contributed by atoms with Crippen LogP contribution in [0.3, 0.4) is 0 Å². The smallest absolute Gasteiger partial charge is 0.234 e. The molecule has 0 spiro atoms. The SMILES string of the molecule is CCCN(CC(=O)NCCC(C)C)C1(CN)CCCCC1. The number of carbonyl (C=O) groups excluding carboxylic acids is 1. The maximum atomic E-state index is 12.2. The highest BCUT2D eigenvalue weighted by molar-refractivity contribution is 5.78. The molecule has 3 N–H and O–H groups in total. The monoisotopic (exact) mass is 297 g/mol. The van der Waals surface area contributed by atoms with E-state index in [2.05, 4.69) is 31.0 Å². The van der Waals surface area contributed by atoms with Gasteiger partial charge in [0.2, 0.25) is 5.91 Å². The minimum absolute atomic E-state index is 0.0592. The van der Waals surface area contributed by atoms with Gasteiger partial charge in [0, 0.05) is 18.6 Å². The van der Waals surface area contributed by atoms with Crippen molar-refractivity contribution in [2.75, 3.05) is 26.2 Å². The topological polar surface area (TPSA) is 58.4 Å². The van der Waals surface area contributed by atoms with Crippen LogP contribution in [0.4, 0.5) is 0 Å². The third kappa shape index (κ3) is 5.95. The number of hydrogen-bond donors (Lipinski definition) is 2. The molecule has 0 heterocycles. The Bertz CT molecular complexity index is 298. The molecule has 1 fully saturated rings. The van der Waals surface area contributed by atoms with Crippen LogP contribution in [0.5, 0.6) is 0 Å². The minimum Gasteiger partial charge on any atom is -0.355 e. The van der Waals surface area contributed by atoms with Gasteiger partial charge in [0.1, 0.15) is 0 Å². The summed E-state index contributed by atoms with van der Waals surface area (Å²) < 4.78 is 0. The number of carbonyl (C=O) groups is 1. The summed E-state index contributed by atoms with van der Waals surface area (Å²) in [5.74, 6) is 0.785. The van der Waals surface area contributed by atoms with Crippen molar-refractivity contribution in [1.29, 1.82) is 0 Å². The predicted octanol–water partition coefficient (Wildman–Crippen LogP) is 2.52. The first-order chi connectivity index (χ1) is 10.0. The number of nitrogens with two attached hydrogens (primary N) is 1. The lowest BCUT2D eigenvalue weighted by Gasteiger charge is -2.45. The number of nitrogens with one attached hydrogen (secondary N) is 1. The average Bonchev–Trinajstić information content (AvgIpc) is 2.47. The number of amides is 1. The van der Waals surface area contributed by atoms with Crippen LogP contribution < -0.4 is 11.1 Å². The molecule has 1 saturated carbocycles. The van der Waals surface area contributed by atoms with E-state index in [0.29, 0.717) is 19.0 Å². The first kappa shape index (κ1) is 18.4. The Morgan fingerprint density at radius 3 is 2.48 bits per heavy atom. The van der Waals surface area contributed by atoms with Crippen LogP contribution in [0.1, 0.15) is 65.7 Å². The average molecular weight is 297 g/mol. The van der Waals surface area contributed by atoms with Crippen molar-refractivity contribution in [3.63, 3.8) is 0 Å². The molecule has 124 valence electrons. The zero-order chi connectivity index (χ0) is 15.7. The Morgan fingerprint density at radius 1 is 1.29 bits per heavy atom. The van der Waals surface area contributed by atoms with Gasteiger partial charge in [-0.2, -0.15) is 0 Å². The Morgan fingerprint density at radius 2 is 1.95 bits per heavy atom. The first-order valence-corrected chi connectivity index (χ1v) is 8.76. The quantitative estimate of drug-likeness (QED) is 0.687. The van der Waals surface area contributed by atoms with Crippen molar-refractivity contribution < 1.29 is 4.79 Å². The molecule has 21 heavy (non-hydrogen) atoms. The van der Waals surface area contributed by atoms with E-state index in [1.807, 2.05) is 0 Å². The van der Waals surface area contributed by atoms with Crippen molar-refractivity contribution in [1.82, 2.24) is 10.2 Å². The van der Waals surface area contributed by atoms with E-state index in [-0.39, 0.29) is 11.4 Å². The lowest BCUT2D eigenvalue weighted by atomic mass is 9.80. The van der Waals surface area contributed by atoms with E-state index in [1.54, 1.807) is 0 Å². The Balaban J connectivity index is 2.56. The maximum absolute atomic E-state index is 12.2. The third-order valence-electron chi connectivity index (χ3n) is 4.71. The van der Waals surface area contributed by atoms with Crippen LogP contribution >= 0.6 is 0 Å². The highest BCUT2D eigenvalue weighted by atomic mass is 16.2. The molecule has 4 heteroatoms. The fourth-order valence-corrected chi connectivity index (χ4v) is 3.34. The van der Waals surface area contributed by atoms with E-state index in [0.717, 1.165) is 38.8 Å². The van der Waals surface area contributed by atoms with E-state index in [9.17, 15) is 4.79 Å². The molecule has 0 atom stereocenters. The summed E-state index contributed by atoms with van der Waals surface area (Å²) in [7, 11) is 0. The fraction of sp³-hybridized carbons (Fsp3) is 0.941. The summed E-state index contributed by atoms with van der Waals surface area (Å²) in [6.45, 7) is 9.47. The molecule has 4 nitrogen and oxygen atoms in total. The highest BCUT2D eigenvalue weighted by Gasteiger charge is 2.37. The van der Waals surface area contributed by atoms with Crippen molar-refractivity contribution in [2.45, 2.75) is 71.3 Å². The second kappa shape index (κ2) is 9.42. The normalized spacial score (nSPS) is 18.2. The number of rotatable bonds is 9. The molecule has 0 aromatic carbocycles. The van der Waals surface area contributed by atoms with Gasteiger partial charge in [0.15, 0.2) is 0 Å². The summed E-state index contributed by atoms with van der Waals surface area (Å²) in [4.78, 5) is 14.6. The van der Waals surface area contributed by atoms with Crippen molar-refractivity contribution in [3.8, 4) is 0 Å². The van der Waals surface area contributed by atoms with Gasteiger partial charge >= 0.3 is 0 Å². The summed E-state index contributed by atoms with van der Waals surface area (Å²) >= 11 is 0. The molecule has 0 aromatic heterocycles. The van der Waals surface area contributed by atoms with Gasteiger partial charge in [-0.3, -0.25) is 9.69 Å². The van der Waals surface area contributed by atoms with Gasteiger partial charge in [-0.25, -0.2) is 0 Å². The van der Waals surface area contributed by atoms with Crippen molar-refractivity contribution in [3.05, 3.63) is 0 Å². The van der Waals surface area contributed by atoms with Gasteiger partial charge < -0.3 is 11.1 Å². The van der Waals surface area contributed by atoms with Crippen LogP contribution in [0.15, 0.2) is 0 Å². The Labute approximate surface area is 130 Å². The zero-order valence-corrected chi connectivity index (χ0v) is 14.3. The molecule has 0 unspecified atom stereocenters. The molecule has 0 radical (unpaired) electrons. The van der Waals surface area contributed by atoms with Gasteiger partial charge in [-0.05, 0) is 38.1 Å². The highest BCUT2D eigenvalue weighted by Crippen LogP contribution is 2.32. The van der Waals surface area contributed by atoms with Gasteiger partial charge in [0.05, 0.1) is 6.54 Å². The summed E-state index contributed by atoms with van der Waals surface area (Å²) in [5.41, 5.74) is 6.17. The van der Waals surface area contributed by atoms with Crippen LogP contribution in [0, 0.1) is 5.92 Å². The minimum atomic E-state index is 0.0592. The molecule has 1 rings (SSSR count). The van der Waals surface area contributed by atoms with Gasteiger partial charge in [0.25, 0.3) is 0 Å². The molecule has 0 aliphatic heterocycles. The lowest BCUT2D eigenvalue weighted by molar-refractivity contribution is -0.124. The van der Waals surface area contributed by atoms with Crippen LogP contribution in [-0.4, -0.2) is 42.5 Å². The summed E-state index contributed by atoms with van der Waals surface area (Å²) in [6, 6.07) is 0. The third-order valence-corrected chi connectivity index (χ3v) is 4.71. The van der Waals surface area contributed by atoms with Crippen molar-refractivity contribution >= 4 is 5.91 Å². The van der Waals surface area contributed by atoms with E-state index >= 15 is 0 Å². The summed E-state index contributed by atoms with van der Waals surface area (Å²) in [5, 5.41) is 3.06. The Kier molecular flexibility index (Phi) is 8.27. The molecular weight excluding hydrogens is 262 g/mol. The van der Waals surface area contributed by atoms with E-state index in [1.165, 1.54) is 19.3 Å². The molecule has 0 bridgehead atoms. The van der Waals surface area contributed by atoms with E-state index in [4.69, 9.17) is 5.73 Å². The molecule has 0 saturated heterocycles. The number of hydrogen-bond acceptors (Lipinski definition) is 3. The van der Waals surface area contributed by atoms with E-state index < -0.39 is 0 Å². The predicted molar refractivity (Wildman–Crippen MR) is 89.2 cm³/mol. The van der Waals surface area contributed by atoms with Crippen LogP contribution in [0.25, 0.3) is 0 Å². The van der Waals surface area contributed by atoms with Crippen molar-refractivity contribution in [2.24, 2.45) is 11.7 Å². The number of nitrogens with zero attached hydrogens (tertiary/aromatic N) is 1. The van der Waals surface area contributed by atoms with Gasteiger partial charge in [-0.1, -0.05) is 40.0 Å². The zero-order valence-electron chi connectivity index (χ0n) is 14.3. The molecule has 1 aliphatic rings. The second-order valence-electron chi connectivity index (χ2n) is 6.94. The second-order valence-corrected chi connectivity index (χ2v) is 6.94. The Hall–Kier alpha value is -0.610. The lowest BCUT2D eigenvalue weighted by Crippen LogP contribution is -2.57. The first-order valence-electron chi connectivity index (χ1n) is 8.76. The molecule has 1 aliphatic carbocycles. The van der Waals surface area contributed by atoms with Crippen LogP contribution in [-0.2, 0) is 4.79 Å². The fourth-order valence-electron chi connectivity index (χ4n) is 3.34. The summed E-state index contributed by atoms with van der Waals surface area (Å²) in [6.07, 6.45) is 8.19. The maximum Gasteiger partial charge on any atom is 0.234 e. The molecule has 0 aromatic rings.